The lowest BCUT2D eigenvalue weighted by Gasteiger charge is -1.97. The molecule has 0 bridgehead atoms. The van der Waals surface area contributed by atoms with Gasteiger partial charge in [-0.25, -0.2) is 0 Å². The van der Waals surface area contributed by atoms with E-state index in [1.807, 2.05) is 0 Å². The third-order valence-corrected chi connectivity index (χ3v) is 1.82. The minimum Gasteiger partial charge on any atom is -0.179 e. The summed E-state index contributed by atoms with van der Waals surface area (Å²) in [4.78, 5) is 0. The molecule has 1 atom stereocenters. The Morgan fingerprint density at radius 1 is 1.71 bits per heavy atom. The first-order valence-corrected chi connectivity index (χ1v) is 3.34. The van der Waals surface area contributed by atoms with Crippen molar-refractivity contribution in [3.05, 3.63) is 12.2 Å². The molecule has 0 N–H and O–H groups in total. The lowest BCUT2D eigenvalue weighted by Crippen LogP contribution is -1.90. The Morgan fingerprint density at radius 2 is 2.57 bits per heavy atom. The third-order valence-electron chi connectivity index (χ3n) is 1.35. The molecule has 7 heavy (non-hydrogen) atoms. The molecule has 0 radical (unpaired) electrons. The van der Waals surface area contributed by atoms with Crippen molar-refractivity contribution in [2.45, 2.75) is 12.8 Å². The van der Waals surface area contributed by atoms with Crippen LogP contribution >= 0.6 is 12.6 Å². The lowest BCUT2D eigenvalue weighted by atomic mass is 10.2. The van der Waals surface area contributed by atoms with Crippen LogP contribution in [0.1, 0.15) is 12.8 Å². The summed E-state index contributed by atoms with van der Waals surface area (Å²) in [5.74, 6) is 1.81. The standard InChI is InChI=1S/C6H10S/c7-5-6-3-1-2-4-6/h1,3,6-7H,2,4-5H2. The molecule has 0 aromatic carbocycles. The van der Waals surface area contributed by atoms with Crippen LogP contribution in [0.5, 0.6) is 0 Å². The summed E-state index contributed by atoms with van der Waals surface area (Å²) >= 11 is 4.16. The van der Waals surface area contributed by atoms with Crippen LogP contribution in [-0.4, -0.2) is 5.75 Å². The van der Waals surface area contributed by atoms with Gasteiger partial charge in [-0.05, 0) is 24.5 Å². The molecule has 1 aliphatic rings. The molecule has 0 heterocycles. The van der Waals surface area contributed by atoms with Crippen molar-refractivity contribution in [1.29, 1.82) is 0 Å². The molecular weight excluding hydrogens is 104 g/mol. The van der Waals surface area contributed by atoms with Crippen LogP contribution in [0.15, 0.2) is 12.2 Å². The molecule has 0 nitrogen and oxygen atoms in total. The van der Waals surface area contributed by atoms with Gasteiger partial charge in [0, 0.05) is 0 Å². The Hall–Kier alpha value is 0.0900. The van der Waals surface area contributed by atoms with Gasteiger partial charge in [0.2, 0.25) is 0 Å². The molecule has 0 aromatic rings. The molecule has 0 amide bonds. The summed E-state index contributed by atoms with van der Waals surface area (Å²) in [5.41, 5.74) is 0. The van der Waals surface area contributed by atoms with Crippen molar-refractivity contribution in [2.75, 3.05) is 5.75 Å². The van der Waals surface area contributed by atoms with Crippen LogP contribution in [-0.2, 0) is 0 Å². The fraction of sp³-hybridized carbons (Fsp3) is 0.667. The number of hydrogen-bond acceptors (Lipinski definition) is 1. The first kappa shape index (κ1) is 5.23. The molecule has 0 fully saturated rings. The van der Waals surface area contributed by atoms with Crippen LogP contribution in [0.25, 0.3) is 0 Å². The summed E-state index contributed by atoms with van der Waals surface area (Å²) < 4.78 is 0. The zero-order chi connectivity index (χ0) is 5.11. The molecule has 1 unspecified atom stereocenters. The molecule has 0 saturated carbocycles. The minimum atomic E-state index is 0.781. The summed E-state index contributed by atoms with van der Waals surface area (Å²) in [7, 11) is 0. The molecule has 1 rings (SSSR count). The molecule has 0 spiro atoms. The van der Waals surface area contributed by atoms with E-state index in [4.69, 9.17) is 0 Å². The fourth-order valence-electron chi connectivity index (χ4n) is 0.847. The second-order valence-electron chi connectivity index (χ2n) is 1.95. The monoisotopic (exact) mass is 114 g/mol. The maximum absolute atomic E-state index is 4.16. The van der Waals surface area contributed by atoms with Gasteiger partial charge >= 0.3 is 0 Å². The first-order chi connectivity index (χ1) is 3.43. The third kappa shape index (κ3) is 1.23. The molecule has 0 saturated heterocycles. The topological polar surface area (TPSA) is 0 Å². The van der Waals surface area contributed by atoms with Crippen LogP contribution in [0.2, 0.25) is 0 Å². The number of rotatable bonds is 1. The Morgan fingerprint density at radius 3 is 2.86 bits per heavy atom. The number of hydrogen-bond donors (Lipinski definition) is 1. The average Bonchev–Trinajstić information content (AvgIpc) is 2.14. The Kier molecular flexibility index (Phi) is 1.80. The predicted octanol–water partition coefficient (Wildman–Crippen LogP) is 1.88. The van der Waals surface area contributed by atoms with Crippen molar-refractivity contribution >= 4 is 12.6 Å². The second kappa shape index (κ2) is 2.41. The maximum Gasteiger partial charge on any atom is -0.00347 e. The summed E-state index contributed by atoms with van der Waals surface area (Å²) in [6.45, 7) is 0. The van der Waals surface area contributed by atoms with E-state index in [2.05, 4.69) is 24.8 Å². The minimum absolute atomic E-state index is 0.781. The van der Waals surface area contributed by atoms with E-state index in [1.165, 1.54) is 12.8 Å². The van der Waals surface area contributed by atoms with Gasteiger partial charge in [-0.15, -0.1) is 0 Å². The molecule has 1 aliphatic carbocycles. The summed E-state index contributed by atoms with van der Waals surface area (Å²) in [6.07, 6.45) is 7.09. The Balaban J connectivity index is 2.28. The number of thiol groups is 1. The normalized spacial score (nSPS) is 29.0. The highest BCUT2D eigenvalue weighted by atomic mass is 32.1. The molecule has 40 valence electrons. The van der Waals surface area contributed by atoms with Gasteiger partial charge in [-0.3, -0.25) is 0 Å². The first-order valence-electron chi connectivity index (χ1n) is 2.71. The van der Waals surface area contributed by atoms with E-state index in [1.54, 1.807) is 0 Å². The molecule has 0 aliphatic heterocycles. The Bertz CT molecular complexity index is 76.2. The largest absolute Gasteiger partial charge is 0.179 e. The second-order valence-corrected chi connectivity index (χ2v) is 2.31. The van der Waals surface area contributed by atoms with E-state index >= 15 is 0 Å². The van der Waals surface area contributed by atoms with E-state index in [9.17, 15) is 0 Å². The average molecular weight is 114 g/mol. The highest BCUT2D eigenvalue weighted by Crippen LogP contribution is 2.16. The van der Waals surface area contributed by atoms with Gasteiger partial charge in [0.15, 0.2) is 0 Å². The van der Waals surface area contributed by atoms with Gasteiger partial charge in [-0.1, -0.05) is 12.2 Å². The van der Waals surface area contributed by atoms with E-state index in [0.717, 1.165) is 11.7 Å². The summed E-state index contributed by atoms with van der Waals surface area (Å²) in [5, 5.41) is 0. The smallest absolute Gasteiger partial charge is 0.00347 e. The Labute approximate surface area is 50.0 Å². The van der Waals surface area contributed by atoms with Gasteiger partial charge < -0.3 is 0 Å². The predicted molar refractivity (Wildman–Crippen MR) is 35.7 cm³/mol. The van der Waals surface area contributed by atoms with Gasteiger partial charge in [0.25, 0.3) is 0 Å². The zero-order valence-electron chi connectivity index (χ0n) is 4.30. The van der Waals surface area contributed by atoms with Crippen LogP contribution in [0.3, 0.4) is 0 Å². The SMILES string of the molecule is SCC1C=CCC1. The van der Waals surface area contributed by atoms with Crippen molar-refractivity contribution in [3.8, 4) is 0 Å². The van der Waals surface area contributed by atoms with Crippen molar-refractivity contribution in [3.63, 3.8) is 0 Å². The van der Waals surface area contributed by atoms with E-state index < -0.39 is 0 Å². The van der Waals surface area contributed by atoms with Crippen LogP contribution in [0, 0.1) is 5.92 Å². The van der Waals surface area contributed by atoms with E-state index in [-0.39, 0.29) is 0 Å². The van der Waals surface area contributed by atoms with Crippen LogP contribution in [0.4, 0.5) is 0 Å². The van der Waals surface area contributed by atoms with E-state index in [0.29, 0.717) is 0 Å². The highest BCUT2D eigenvalue weighted by Gasteiger charge is 2.04. The quantitative estimate of drug-likeness (QED) is 0.390. The van der Waals surface area contributed by atoms with Crippen LogP contribution < -0.4 is 0 Å². The summed E-state index contributed by atoms with van der Waals surface area (Å²) in [6, 6.07) is 0. The fourth-order valence-corrected chi connectivity index (χ4v) is 1.15. The van der Waals surface area contributed by atoms with Gasteiger partial charge in [-0.2, -0.15) is 12.6 Å². The van der Waals surface area contributed by atoms with Crippen molar-refractivity contribution < 1.29 is 0 Å². The molecule has 0 aromatic heterocycles. The van der Waals surface area contributed by atoms with Crippen molar-refractivity contribution in [2.24, 2.45) is 5.92 Å². The zero-order valence-corrected chi connectivity index (χ0v) is 5.20. The lowest BCUT2D eigenvalue weighted by molar-refractivity contribution is 0.714. The number of allylic oxidation sites excluding steroid dienone is 2. The van der Waals surface area contributed by atoms with Crippen molar-refractivity contribution in [1.82, 2.24) is 0 Å². The molecular formula is C6H10S. The highest BCUT2D eigenvalue weighted by molar-refractivity contribution is 7.80. The molecule has 1 heteroatoms. The maximum atomic E-state index is 4.16. The van der Waals surface area contributed by atoms with Gasteiger partial charge in [0.05, 0.1) is 0 Å². The van der Waals surface area contributed by atoms with Gasteiger partial charge in [0.1, 0.15) is 0 Å².